The van der Waals surface area contributed by atoms with Crippen molar-refractivity contribution in [3.63, 3.8) is 0 Å². The third kappa shape index (κ3) is 4.40. The highest BCUT2D eigenvalue weighted by Crippen LogP contribution is 2.30. The van der Waals surface area contributed by atoms with Crippen molar-refractivity contribution in [1.82, 2.24) is 14.9 Å². The molecule has 4 rings (SSSR count). The Hall–Kier alpha value is -3.53. The molecule has 0 bridgehead atoms. The van der Waals surface area contributed by atoms with Gasteiger partial charge in [0.2, 0.25) is 5.16 Å². The van der Waals surface area contributed by atoms with Crippen LogP contribution in [0.3, 0.4) is 0 Å². The minimum absolute atomic E-state index is 0.144. The van der Waals surface area contributed by atoms with Crippen LogP contribution in [0.25, 0.3) is 17.5 Å². The summed E-state index contributed by atoms with van der Waals surface area (Å²) in [5.74, 6) is -1.07. The van der Waals surface area contributed by atoms with Gasteiger partial charge in [-0.05, 0) is 55.0 Å². The van der Waals surface area contributed by atoms with Crippen LogP contribution in [0.5, 0.6) is 5.75 Å². The Bertz CT molecular complexity index is 1220. The SMILES string of the molecule is CCOC(=O)/C(=C\c1ccc(F)c(F)c1)C1=Nn2c(nnc2-c2ccc(OC)cc2)SC1. The predicted octanol–water partition coefficient (Wildman–Crippen LogP) is 4.19. The van der Waals surface area contributed by atoms with Crippen LogP contribution in [-0.2, 0) is 9.53 Å². The molecule has 1 aliphatic rings. The Labute approximate surface area is 186 Å². The molecule has 0 saturated carbocycles. The molecule has 3 aromatic rings. The van der Waals surface area contributed by atoms with Gasteiger partial charge in [-0.3, -0.25) is 0 Å². The van der Waals surface area contributed by atoms with E-state index in [-0.39, 0.29) is 12.2 Å². The number of carbonyl (C=O) groups is 1. The van der Waals surface area contributed by atoms with Gasteiger partial charge < -0.3 is 9.47 Å². The first-order valence-corrected chi connectivity index (χ1v) is 10.6. The second-order valence-electron chi connectivity index (χ2n) is 6.63. The summed E-state index contributed by atoms with van der Waals surface area (Å²) in [7, 11) is 1.58. The molecule has 0 aliphatic carbocycles. The summed E-state index contributed by atoms with van der Waals surface area (Å²) in [6.45, 7) is 1.84. The minimum Gasteiger partial charge on any atom is -0.497 e. The van der Waals surface area contributed by atoms with Gasteiger partial charge in [0, 0.05) is 11.3 Å². The van der Waals surface area contributed by atoms with Crippen LogP contribution in [0, 0.1) is 11.6 Å². The van der Waals surface area contributed by atoms with E-state index in [4.69, 9.17) is 9.47 Å². The van der Waals surface area contributed by atoms with Crippen LogP contribution in [0.2, 0.25) is 0 Å². The first-order chi connectivity index (χ1) is 15.5. The molecule has 2 aromatic carbocycles. The third-order valence-corrected chi connectivity index (χ3v) is 5.51. The quantitative estimate of drug-likeness (QED) is 0.409. The second-order valence-corrected chi connectivity index (χ2v) is 7.58. The number of halogens is 2. The van der Waals surface area contributed by atoms with Crippen LogP contribution in [-0.4, -0.2) is 46.0 Å². The number of ether oxygens (including phenoxy) is 2. The van der Waals surface area contributed by atoms with Gasteiger partial charge in [-0.2, -0.15) is 9.78 Å². The first-order valence-electron chi connectivity index (χ1n) is 9.65. The van der Waals surface area contributed by atoms with E-state index in [0.29, 0.717) is 33.8 Å². The molecule has 0 atom stereocenters. The monoisotopic (exact) mass is 456 g/mol. The lowest BCUT2D eigenvalue weighted by atomic mass is 10.1. The molecule has 164 valence electrons. The average Bonchev–Trinajstić information content (AvgIpc) is 3.23. The topological polar surface area (TPSA) is 78.6 Å². The lowest BCUT2D eigenvalue weighted by Crippen LogP contribution is -2.21. The van der Waals surface area contributed by atoms with Crippen LogP contribution in [0.1, 0.15) is 12.5 Å². The number of carbonyl (C=O) groups excluding carboxylic acids is 1. The number of hydrogen-bond donors (Lipinski definition) is 0. The number of esters is 1. The Morgan fingerprint density at radius 2 is 1.94 bits per heavy atom. The van der Waals surface area contributed by atoms with Gasteiger partial charge in [0.15, 0.2) is 17.5 Å². The number of thioether (sulfide) groups is 1. The van der Waals surface area contributed by atoms with E-state index in [1.807, 2.05) is 12.1 Å². The molecule has 0 saturated heterocycles. The normalized spacial score (nSPS) is 13.4. The van der Waals surface area contributed by atoms with Gasteiger partial charge in [0.05, 0.1) is 25.0 Å². The van der Waals surface area contributed by atoms with E-state index >= 15 is 0 Å². The number of nitrogens with zero attached hydrogens (tertiary/aromatic N) is 4. The highest BCUT2D eigenvalue weighted by molar-refractivity contribution is 7.99. The van der Waals surface area contributed by atoms with Crippen LogP contribution in [0.15, 0.2) is 58.3 Å². The van der Waals surface area contributed by atoms with Crippen molar-refractivity contribution in [3.05, 3.63) is 65.2 Å². The van der Waals surface area contributed by atoms with Crippen molar-refractivity contribution in [2.75, 3.05) is 19.5 Å². The smallest absolute Gasteiger partial charge is 0.340 e. The number of aromatic nitrogens is 3. The summed E-state index contributed by atoms with van der Waals surface area (Å²) < 4.78 is 38.9. The fourth-order valence-corrected chi connectivity index (χ4v) is 3.84. The summed E-state index contributed by atoms with van der Waals surface area (Å²) in [6.07, 6.45) is 1.43. The van der Waals surface area contributed by atoms with Crippen LogP contribution >= 0.6 is 11.8 Å². The molecular formula is C22H18F2N4O3S. The highest BCUT2D eigenvalue weighted by atomic mass is 32.2. The fraction of sp³-hybridized carbons (Fsp3) is 0.182. The molecule has 0 spiro atoms. The van der Waals surface area contributed by atoms with Gasteiger partial charge in [-0.15, -0.1) is 10.2 Å². The van der Waals surface area contributed by atoms with Gasteiger partial charge >= 0.3 is 5.97 Å². The van der Waals surface area contributed by atoms with E-state index in [9.17, 15) is 13.6 Å². The number of methoxy groups -OCH3 is 1. The van der Waals surface area contributed by atoms with E-state index < -0.39 is 17.6 Å². The molecule has 32 heavy (non-hydrogen) atoms. The van der Waals surface area contributed by atoms with Crippen molar-refractivity contribution in [1.29, 1.82) is 0 Å². The van der Waals surface area contributed by atoms with Gasteiger partial charge in [-0.25, -0.2) is 13.6 Å². The maximum atomic E-state index is 13.7. The molecule has 1 aromatic heterocycles. The summed E-state index contributed by atoms with van der Waals surface area (Å²) in [5.41, 5.74) is 1.62. The zero-order chi connectivity index (χ0) is 22.7. The van der Waals surface area contributed by atoms with E-state index in [1.165, 1.54) is 23.9 Å². The molecule has 0 radical (unpaired) electrons. The summed E-state index contributed by atoms with van der Waals surface area (Å²) >= 11 is 1.35. The van der Waals surface area contributed by atoms with Crippen molar-refractivity contribution in [2.45, 2.75) is 12.1 Å². The molecule has 2 heterocycles. The molecular weight excluding hydrogens is 438 g/mol. The molecule has 1 aliphatic heterocycles. The van der Waals surface area contributed by atoms with Crippen LogP contribution < -0.4 is 4.74 Å². The van der Waals surface area contributed by atoms with Crippen LogP contribution in [0.4, 0.5) is 8.78 Å². The zero-order valence-electron chi connectivity index (χ0n) is 17.2. The Kier molecular flexibility index (Phi) is 6.31. The molecule has 0 amide bonds. The number of fused-ring (bicyclic) bond motifs is 1. The van der Waals surface area contributed by atoms with Crippen molar-refractivity contribution < 1.29 is 23.0 Å². The molecule has 10 heteroatoms. The Balaban J connectivity index is 1.77. The van der Waals surface area contributed by atoms with E-state index in [2.05, 4.69) is 15.3 Å². The van der Waals surface area contributed by atoms with E-state index in [1.54, 1.807) is 30.8 Å². The third-order valence-electron chi connectivity index (χ3n) is 4.58. The number of hydrogen-bond acceptors (Lipinski definition) is 7. The maximum absolute atomic E-state index is 13.7. The van der Waals surface area contributed by atoms with Gasteiger partial charge in [0.25, 0.3) is 0 Å². The largest absolute Gasteiger partial charge is 0.497 e. The van der Waals surface area contributed by atoms with E-state index in [0.717, 1.165) is 17.7 Å². The standard InChI is InChI=1S/C22H18F2N4O3S/c1-3-31-21(29)16(10-13-4-9-17(23)18(24)11-13)19-12-32-22-26-25-20(28(22)27-19)14-5-7-15(30-2)8-6-14/h4-11H,3,12H2,1-2H3/b16-10-. The van der Waals surface area contributed by atoms with Crippen molar-refractivity contribution >= 4 is 29.5 Å². The van der Waals surface area contributed by atoms with Gasteiger partial charge in [0.1, 0.15) is 5.75 Å². The van der Waals surface area contributed by atoms with Crippen molar-refractivity contribution in [2.24, 2.45) is 5.10 Å². The predicted molar refractivity (Wildman–Crippen MR) is 117 cm³/mol. The molecule has 0 fully saturated rings. The zero-order valence-corrected chi connectivity index (χ0v) is 18.0. The molecule has 0 unspecified atom stereocenters. The Morgan fingerprint density at radius 1 is 1.16 bits per heavy atom. The summed E-state index contributed by atoms with van der Waals surface area (Å²) in [6, 6.07) is 10.6. The van der Waals surface area contributed by atoms with Gasteiger partial charge in [-0.1, -0.05) is 17.8 Å². The lowest BCUT2D eigenvalue weighted by molar-refractivity contribution is -0.137. The summed E-state index contributed by atoms with van der Waals surface area (Å²) in [5, 5.41) is 13.5. The second kappa shape index (κ2) is 9.31. The molecule has 7 nitrogen and oxygen atoms in total. The minimum atomic E-state index is -1.01. The summed E-state index contributed by atoms with van der Waals surface area (Å²) in [4.78, 5) is 12.7. The fourth-order valence-electron chi connectivity index (χ4n) is 3.02. The number of rotatable bonds is 6. The molecule has 0 N–H and O–H groups in total. The first kappa shape index (κ1) is 21.7. The Morgan fingerprint density at radius 3 is 2.62 bits per heavy atom. The maximum Gasteiger partial charge on any atom is 0.340 e. The van der Waals surface area contributed by atoms with Crippen molar-refractivity contribution in [3.8, 4) is 17.1 Å². The lowest BCUT2D eigenvalue weighted by Gasteiger charge is -2.16. The number of benzene rings is 2. The average molecular weight is 456 g/mol. The highest BCUT2D eigenvalue weighted by Gasteiger charge is 2.25.